The summed E-state index contributed by atoms with van der Waals surface area (Å²) in [6.45, 7) is -0.778. The van der Waals surface area contributed by atoms with Gasteiger partial charge in [-0.25, -0.2) is 4.79 Å². The van der Waals surface area contributed by atoms with Crippen molar-refractivity contribution in [3.63, 3.8) is 0 Å². The van der Waals surface area contributed by atoms with Gasteiger partial charge in [0.2, 0.25) is 0 Å². The molecule has 0 amide bonds. The number of carboxylic acids is 1. The van der Waals surface area contributed by atoms with Crippen LogP contribution >= 0.6 is 11.6 Å². The van der Waals surface area contributed by atoms with Gasteiger partial charge in [-0.3, -0.25) is 0 Å². The smallest absolute Gasteiger partial charge is 0.335 e. The largest absolute Gasteiger partial charge is 0.478 e. The van der Waals surface area contributed by atoms with E-state index in [1.807, 2.05) is 0 Å². The lowest BCUT2D eigenvalue weighted by Crippen LogP contribution is -2.26. The number of carbonyl (C=O) groups is 1. The molecule has 0 spiro atoms. The molecule has 0 heterocycles. The molecule has 1 atom stereocenters. The summed E-state index contributed by atoms with van der Waals surface area (Å²) < 4.78 is 105. The predicted octanol–water partition coefficient (Wildman–Crippen LogP) is 4.44. The summed E-state index contributed by atoms with van der Waals surface area (Å²) in [7, 11) is 0. The fourth-order valence-electron chi connectivity index (χ4n) is 2.17. The molecule has 3 aromatic rings. The van der Waals surface area contributed by atoms with E-state index in [0.29, 0.717) is 0 Å². The molecule has 0 aliphatic carbocycles. The van der Waals surface area contributed by atoms with E-state index in [-0.39, 0.29) is 18.8 Å². The van der Waals surface area contributed by atoms with Crippen molar-refractivity contribution in [3.05, 3.63) is 88.7 Å². The van der Waals surface area contributed by atoms with E-state index in [0.717, 1.165) is 0 Å². The zero-order valence-corrected chi connectivity index (χ0v) is 15.6. The lowest BCUT2D eigenvalue weighted by atomic mass is 10.0. The lowest BCUT2D eigenvalue weighted by molar-refractivity contribution is 0.0697. The van der Waals surface area contributed by atoms with Crippen LogP contribution in [0.5, 0.6) is 0 Å². The molecular formula is C23H23ClN2O3. The lowest BCUT2D eigenvalue weighted by Gasteiger charge is -2.13. The highest BCUT2D eigenvalue weighted by Crippen LogP contribution is 2.23. The highest BCUT2D eigenvalue weighted by Gasteiger charge is 2.07. The minimum absolute atomic E-state index is 0.0784. The second-order valence-electron chi connectivity index (χ2n) is 5.54. The molecule has 3 aromatic carbocycles. The van der Waals surface area contributed by atoms with Gasteiger partial charge in [-0.1, -0.05) is 47.9 Å². The SMILES string of the molecule is [2H]c1c([2H])c(NCCNC[C@]([2H])(O)c2c([2H])c([2H])c([2H])c(Cl)c2[2H])c([2H])c(-c2c([2H])c([2H])c([2H])c(C(=O)O)c2[2H])c1[2H]. The highest BCUT2D eigenvalue weighted by molar-refractivity contribution is 6.30. The third-order valence-electron chi connectivity index (χ3n) is 3.49. The predicted molar refractivity (Wildman–Crippen MR) is 117 cm³/mol. The second kappa shape index (κ2) is 10.1. The number of rotatable bonds is 9. The van der Waals surface area contributed by atoms with Gasteiger partial charge in [0.1, 0.15) is 0 Å². The van der Waals surface area contributed by atoms with Gasteiger partial charge in [0.05, 0.1) is 29.5 Å². The Kier molecular flexibility index (Phi) is 3.39. The minimum Gasteiger partial charge on any atom is -0.478 e. The number of carboxylic acid groups (broad SMARTS) is 1. The van der Waals surface area contributed by atoms with Crippen LogP contribution in [0, 0.1) is 0 Å². The first-order chi connectivity index (χ1) is 19.4. The molecular weight excluding hydrogens is 388 g/mol. The summed E-state index contributed by atoms with van der Waals surface area (Å²) in [5, 5.41) is 24.9. The molecule has 0 aromatic heterocycles. The number of hydrogen-bond acceptors (Lipinski definition) is 4. The molecule has 0 saturated heterocycles. The number of nitrogens with one attached hydrogen (secondary N) is 2. The van der Waals surface area contributed by atoms with Crippen LogP contribution in [0.1, 0.15) is 39.8 Å². The molecule has 29 heavy (non-hydrogen) atoms. The molecule has 0 fully saturated rings. The number of benzene rings is 3. The van der Waals surface area contributed by atoms with Gasteiger partial charge in [-0.05, 0) is 52.9 Å². The maximum Gasteiger partial charge on any atom is 0.335 e. The van der Waals surface area contributed by atoms with Gasteiger partial charge < -0.3 is 20.8 Å². The Bertz CT molecular complexity index is 1590. The second-order valence-corrected chi connectivity index (χ2v) is 5.92. The average molecular weight is 424 g/mol. The number of anilines is 1. The van der Waals surface area contributed by atoms with Crippen molar-refractivity contribution in [1.82, 2.24) is 5.32 Å². The quantitative estimate of drug-likeness (QED) is 0.382. The van der Waals surface area contributed by atoms with E-state index >= 15 is 0 Å². The van der Waals surface area contributed by atoms with Crippen LogP contribution < -0.4 is 10.6 Å². The van der Waals surface area contributed by atoms with E-state index in [9.17, 15) is 15.0 Å². The maximum atomic E-state index is 11.7. The maximum absolute atomic E-state index is 11.7. The first-order valence-corrected chi connectivity index (χ1v) is 8.63. The van der Waals surface area contributed by atoms with Crippen molar-refractivity contribution >= 4 is 23.3 Å². The Labute approximate surface area is 193 Å². The zero-order chi connectivity index (χ0) is 32.0. The number of halogens is 1. The van der Waals surface area contributed by atoms with Gasteiger partial charge >= 0.3 is 5.97 Å². The molecule has 5 nitrogen and oxygen atoms in total. The normalized spacial score (nSPS) is 19.2. The van der Waals surface area contributed by atoms with Crippen LogP contribution in [0.2, 0.25) is 5.02 Å². The Balaban J connectivity index is 1.91. The third kappa shape index (κ3) is 6.06. The highest BCUT2D eigenvalue weighted by atomic mass is 35.5. The van der Waals surface area contributed by atoms with Crippen LogP contribution in [0.15, 0.2) is 72.5 Å². The summed E-state index contributed by atoms with van der Waals surface area (Å²) >= 11 is 5.85. The first-order valence-electron chi connectivity index (χ1n) is 14.8. The van der Waals surface area contributed by atoms with Crippen LogP contribution in [-0.2, 0) is 0 Å². The molecule has 3 rings (SSSR count). The van der Waals surface area contributed by atoms with Crippen molar-refractivity contribution in [3.8, 4) is 11.1 Å². The molecule has 4 N–H and O–H groups in total. The summed E-state index contributed by atoms with van der Waals surface area (Å²) in [5.74, 6) is -1.73. The molecule has 0 aliphatic rings. The summed E-state index contributed by atoms with van der Waals surface area (Å²) in [5.41, 5.74) is -3.01. The molecule has 0 radical (unpaired) electrons. The van der Waals surface area contributed by atoms with Crippen LogP contribution in [0.3, 0.4) is 0 Å². The van der Waals surface area contributed by atoms with Gasteiger partial charge in [-0.15, -0.1) is 0 Å². The summed E-state index contributed by atoms with van der Waals surface area (Å²) in [4.78, 5) is 11.7. The van der Waals surface area contributed by atoms with Crippen LogP contribution in [0.4, 0.5) is 5.69 Å². The van der Waals surface area contributed by atoms with Crippen LogP contribution in [0.25, 0.3) is 11.1 Å². The van der Waals surface area contributed by atoms with Crippen molar-refractivity contribution in [2.45, 2.75) is 6.08 Å². The Morgan fingerprint density at radius 2 is 1.76 bits per heavy atom. The molecule has 0 bridgehead atoms. The monoisotopic (exact) mass is 423 g/mol. The van der Waals surface area contributed by atoms with Gasteiger partial charge in [0.15, 0.2) is 0 Å². The van der Waals surface area contributed by atoms with Crippen molar-refractivity contribution in [2.24, 2.45) is 0 Å². The molecule has 6 heteroatoms. The number of aromatic carboxylic acids is 1. The topological polar surface area (TPSA) is 81.6 Å². The Morgan fingerprint density at radius 1 is 1.03 bits per heavy atom. The summed E-state index contributed by atoms with van der Waals surface area (Å²) in [6.07, 6.45) is -2.61. The van der Waals surface area contributed by atoms with Gasteiger partial charge in [-0.2, -0.15) is 0 Å². The van der Waals surface area contributed by atoms with E-state index in [2.05, 4.69) is 10.6 Å². The van der Waals surface area contributed by atoms with E-state index < -0.39 is 118 Å². The number of aliphatic hydroxyl groups is 1. The van der Waals surface area contributed by atoms with E-state index in [1.165, 1.54) is 0 Å². The minimum atomic E-state index is -2.61. The zero-order valence-electron chi connectivity index (χ0n) is 27.8. The van der Waals surface area contributed by atoms with Crippen molar-refractivity contribution < 1.29 is 32.8 Å². The molecule has 0 saturated carbocycles. The average Bonchev–Trinajstić information content (AvgIpc) is 2.91. The standard InChI is InChI=1S/C23H23ClN2O3/c24-20-8-2-6-18(13-20)22(27)15-25-10-11-26-21-9-3-5-17(14-21)16-4-1-7-19(12-16)23(28)29/h1-9,12-14,22,25-27H,10-11,15H2,(H,28,29)/t22-/m0/s1/i1D,2D,3D,4D,5D,6D,7D,8D,9D,12D,13D,14D,22D. The fraction of sp³-hybridized carbons (Fsp3) is 0.174. The molecule has 0 aliphatic heterocycles. The van der Waals surface area contributed by atoms with E-state index in [4.69, 9.17) is 29.4 Å². The molecule has 150 valence electrons. The Hall–Kier alpha value is -2.86. The van der Waals surface area contributed by atoms with Crippen molar-refractivity contribution in [1.29, 1.82) is 0 Å². The Morgan fingerprint density at radius 3 is 2.55 bits per heavy atom. The first kappa shape index (κ1) is 9.76. The summed E-state index contributed by atoms with van der Waals surface area (Å²) in [6, 6.07) is -8.78. The fourth-order valence-corrected chi connectivity index (χ4v) is 2.31. The van der Waals surface area contributed by atoms with Crippen molar-refractivity contribution in [2.75, 3.05) is 25.0 Å². The van der Waals surface area contributed by atoms with E-state index in [1.54, 1.807) is 0 Å². The van der Waals surface area contributed by atoms with Gasteiger partial charge in [0.25, 0.3) is 0 Å². The number of hydrogen-bond donors (Lipinski definition) is 4. The van der Waals surface area contributed by atoms with Gasteiger partial charge in [0, 0.05) is 30.3 Å². The third-order valence-corrected chi connectivity index (χ3v) is 3.68. The van der Waals surface area contributed by atoms with Crippen LogP contribution in [-0.4, -0.2) is 35.8 Å². The molecule has 0 unspecified atom stereocenters.